The van der Waals surface area contributed by atoms with Crippen LogP contribution in [-0.2, 0) is 11.8 Å². The van der Waals surface area contributed by atoms with Crippen LogP contribution in [0.15, 0.2) is 205 Å². The summed E-state index contributed by atoms with van der Waals surface area (Å²) in [6.07, 6.45) is 10.6. The number of fused-ring (bicyclic) bond motifs is 13. The van der Waals surface area contributed by atoms with Gasteiger partial charge in [0.1, 0.15) is 11.2 Å². The van der Waals surface area contributed by atoms with Gasteiger partial charge in [0.2, 0.25) is 0 Å². The highest BCUT2D eigenvalue weighted by Crippen LogP contribution is 2.61. The lowest BCUT2D eigenvalue weighted by Crippen LogP contribution is -2.28. The molecule has 0 amide bonds. The minimum atomic E-state index is -0.459. The molecule has 8 aromatic carbocycles. The summed E-state index contributed by atoms with van der Waals surface area (Å²) in [5.41, 5.74) is 16.8. The first-order valence-corrected chi connectivity index (χ1v) is 20.1. The van der Waals surface area contributed by atoms with Gasteiger partial charge in [-0.1, -0.05) is 164 Å². The maximum atomic E-state index is 6.94. The van der Waals surface area contributed by atoms with Crippen LogP contribution >= 0.6 is 0 Å². The molecule has 58 heavy (non-hydrogen) atoms. The Morgan fingerprint density at radius 1 is 0.466 bits per heavy atom. The first-order chi connectivity index (χ1) is 28.8. The van der Waals surface area contributed by atoms with E-state index in [2.05, 4.69) is 205 Å². The van der Waals surface area contributed by atoms with E-state index in [0.717, 1.165) is 85.6 Å². The Morgan fingerprint density at radius 2 is 1.12 bits per heavy atom. The quantitative estimate of drug-likeness (QED) is 0.180. The van der Waals surface area contributed by atoms with E-state index >= 15 is 0 Å². The standard InChI is InChI=1S/C55H37NO2/c1-2-14-33-55(45-30-29-41-40-20-11-13-26-50(40)58-54(41)43(45)22-9-1)44-23-12-10-21-42(44)53-46(55)24-15-25-49(53)56-47-31-27-38(36-16-5-3-6-17-36)34-51(47)57-52-35-39(28-32-48(52)56)37-18-7-4-8-19-37/h1-21,23-32,34-35H,22,33H2. The first-order valence-electron chi connectivity index (χ1n) is 20.1. The third-order valence-electron chi connectivity index (χ3n) is 12.5. The van der Waals surface area contributed by atoms with E-state index in [4.69, 9.17) is 9.15 Å². The number of rotatable bonds is 3. The summed E-state index contributed by atoms with van der Waals surface area (Å²) in [6, 6.07) is 63.4. The van der Waals surface area contributed by atoms with Crippen molar-refractivity contribution in [2.45, 2.75) is 18.3 Å². The zero-order valence-electron chi connectivity index (χ0n) is 31.7. The Kier molecular flexibility index (Phi) is 7.27. The minimum absolute atomic E-state index is 0.459. The molecule has 2 heterocycles. The number of para-hydroxylation sites is 1. The van der Waals surface area contributed by atoms with E-state index in [-0.39, 0.29) is 0 Å². The third-order valence-corrected chi connectivity index (χ3v) is 12.5. The number of nitrogens with zero attached hydrogens (tertiary/aromatic N) is 1. The highest BCUT2D eigenvalue weighted by atomic mass is 16.5. The van der Waals surface area contributed by atoms with Crippen molar-refractivity contribution in [3.8, 4) is 44.9 Å². The number of allylic oxidation sites excluding steroid dienone is 4. The normalized spacial score (nSPS) is 16.2. The molecule has 274 valence electrons. The van der Waals surface area contributed by atoms with Crippen molar-refractivity contribution in [2.24, 2.45) is 0 Å². The molecule has 0 saturated heterocycles. The summed E-state index contributed by atoms with van der Waals surface area (Å²) in [6.45, 7) is 0. The number of hydrogen-bond donors (Lipinski definition) is 0. The maximum Gasteiger partial charge on any atom is 0.152 e. The highest BCUT2D eigenvalue weighted by Gasteiger charge is 2.47. The smallest absolute Gasteiger partial charge is 0.152 e. The highest BCUT2D eigenvalue weighted by molar-refractivity contribution is 6.07. The van der Waals surface area contributed by atoms with Crippen LogP contribution in [0.5, 0.6) is 11.5 Å². The summed E-state index contributed by atoms with van der Waals surface area (Å²) in [5, 5.41) is 2.32. The van der Waals surface area contributed by atoms with Gasteiger partial charge in [0.05, 0.1) is 22.5 Å². The summed E-state index contributed by atoms with van der Waals surface area (Å²) in [7, 11) is 0. The number of anilines is 3. The zero-order chi connectivity index (χ0) is 38.2. The van der Waals surface area contributed by atoms with Gasteiger partial charge in [-0.2, -0.15) is 0 Å². The number of furan rings is 1. The third kappa shape index (κ3) is 4.80. The van der Waals surface area contributed by atoms with Crippen molar-refractivity contribution < 1.29 is 9.15 Å². The van der Waals surface area contributed by atoms with Crippen LogP contribution in [0.25, 0.3) is 55.3 Å². The lowest BCUT2D eigenvalue weighted by Gasteiger charge is -2.36. The van der Waals surface area contributed by atoms with Gasteiger partial charge in [0.15, 0.2) is 11.5 Å². The number of hydrogen-bond acceptors (Lipinski definition) is 3. The molecule has 1 aliphatic heterocycles. The Labute approximate surface area is 337 Å². The molecule has 0 saturated carbocycles. The summed E-state index contributed by atoms with van der Waals surface area (Å²) >= 11 is 0. The van der Waals surface area contributed by atoms with Crippen molar-refractivity contribution in [3.63, 3.8) is 0 Å². The average Bonchev–Trinajstić information content (AvgIpc) is 3.83. The molecule has 12 rings (SSSR count). The van der Waals surface area contributed by atoms with Crippen molar-refractivity contribution >= 4 is 39.0 Å². The molecule has 0 N–H and O–H groups in total. The van der Waals surface area contributed by atoms with E-state index in [1.807, 2.05) is 0 Å². The van der Waals surface area contributed by atoms with Gasteiger partial charge in [-0.25, -0.2) is 0 Å². The maximum absolute atomic E-state index is 6.94. The van der Waals surface area contributed by atoms with Gasteiger partial charge in [0.25, 0.3) is 0 Å². The van der Waals surface area contributed by atoms with Crippen LogP contribution < -0.4 is 9.64 Å². The second-order valence-electron chi connectivity index (χ2n) is 15.5. The fourth-order valence-electron chi connectivity index (χ4n) is 9.93. The second-order valence-corrected chi connectivity index (χ2v) is 15.5. The van der Waals surface area contributed by atoms with Gasteiger partial charge >= 0.3 is 0 Å². The van der Waals surface area contributed by atoms with Crippen LogP contribution in [0.4, 0.5) is 17.1 Å². The molecule has 1 atom stereocenters. The molecule has 2 aliphatic carbocycles. The van der Waals surface area contributed by atoms with Gasteiger partial charge in [0, 0.05) is 21.9 Å². The van der Waals surface area contributed by atoms with Gasteiger partial charge in [-0.3, -0.25) is 0 Å². The molecule has 9 aromatic rings. The van der Waals surface area contributed by atoms with Gasteiger partial charge in [-0.15, -0.1) is 0 Å². The number of ether oxygens (including phenoxy) is 1. The Bertz CT molecular complexity index is 3070. The van der Waals surface area contributed by atoms with Crippen LogP contribution in [-0.4, -0.2) is 0 Å². The SMILES string of the molecule is C1=CCc2c(ccc3c2oc2ccccc23)C2(CC=C1)c1ccccc1-c1c(N3c4ccc(-c5ccccc5)cc4Oc4cc(-c5ccccc5)ccc43)cccc12. The van der Waals surface area contributed by atoms with E-state index < -0.39 is 5.41 Å². The average molecular weight is 744 g/mol. The van der Waals surface area contributed by atoms with E-state index in [9.17, 15) is 0 Å². The van der Waals surface area contributed by atoms with Crippen LogP contribution in [0.3, 0.4) is 0 Å². The van der Waals surface area contributed by atoms with E-state index in [0.29, 0.717) is 0 Å². The second kappa shape index (κ2) is 12.8. The van der Waals surface area contributed by atoms with Crippen molar-refractivity contribution in [2.75, 3.05) is 4.90 Å². The number of benzene rings is 8. The van der Waals surface area contributed by atoms with Gasteiger partial charge in [-0.05, 0) is 93.7 Å². The summed E-state index contributed by atoms with van der Waals surface area (Å²) in [4.78, 5) is 2.43. The molecule has 3 nitrogen and oxygen atoms in total. The lowest BCUT2D eigenvalue weighted by atomic mass is 9.68. The molecule has 1 aromatic heterocycles. The molecule has 3 aliphatic rings. The molecule has 1 unspecified atom stereocenters. The Hall–Kier alpha value is -7.36. The lowest BCUT2D eigenvalue weighted by molar-refractivity contribution is 0.477. The van der Waals surface area contributed by atoms with Crippen molar-refractivity contribution in [1.29, 1.82) is 0 Å². The first kappa shape index (κ1) is 32.8. The van der Waals surface area contributed by atoms with Crippen molar-refractivity contribution in [1.82, 2.24) is 0 Å². The fourth-order valence-corrected chi connectivity index (χ4v) is 9.93. The predicted molar refractivity (Wildman–Crippen MR) is 238 cm³/mol. The zero-order valence-corrected chi connectivity index (χ0v) is 31.7. The topological polar surface area (TPSA) is 25.6 Å². The van der Waals surface area contributed by atoms with E-state index in [1.54, 1.807) is 0 Å². The summed E-state index contributed by atoms with van der Waals surface area (Å²) < 4.78 is 13.7. The summed E-state index contributed by atoms with van der Waals surface area (Å²) in [5.74, 6) is 1.65. The minimum Gasteiger partial charge on any atom is -0.456 e. The molecule has 0 radical (unpaired) electrons. The monoisotopic (exact) mass is 743 g/mol. The van der Waals surface area contributed by atoms with E-state index in [1.165, 1.54) is 33.4 Å². The molecule has 3 heteroatoms. The van der Waals surface area contributed by atoms with Crippen LogP contribution in [0, 0.1) is 0 Å². The molecule has 0 bridgehead atoms. The van der Waals surface area contributed by atoms with Crippen molar-refractivity contribution in [3.05, 3.63) is 222 Å². The Morgan fingerprint density at radius 3 is 1.88 bits per heavy atom. The van der Waals surface area contributed by atoms with Gasteiger partial charge < -0.3 is 14.1 Å². The Balaban J connectivity index is 1.12. The van der Waals surface area contributed by atoms with Crippen LogP contribution in [0.2, 0.25) is 0 Å². The molecular weight excluding hydrogens is 707 g/mol. The molecule has 1 spiro atoms. The molecule has 0 fully saturated rings. The largest absolute Gasteiger partial charge is 0.456 e. The van der Waals surface area contributed by atoms with Crippen LogP contribution in [0.1, 0.15) is 28.7 Å². The molecular formula is C55H37NO2. The predicted octanol–water partition coefficient (Wildman–Crippen LogP) is 14.9. The fraction of sp³-hybridized carbons (Fsp3) is 0.0545.